The van der Waals surface area contributed by atoms with Crippen molar-refractivity contribution in [2.75, 3.05) is 44.7 Å². The minimum absolute atomic E-state index is 0.00893. The summed E-state index contributed by atoms with van der Waals surface area (Å²) in [4.78, 5) is 14.4. The van der Waals surface area contributed by atoms with E-state index >= 15 is 0 Å². The van der Waals surface area contributed by atoms with Crippen molar-refractivity contribution in [2.24, 2.45) is 0 Å². The summed E-state index contributed by atoms with van der Waals surface area (Å²) in [5.41, 5.74) is 0.727. The molecule has 1 amide bonds. The highest BCUT2D eigenvalue weighted by Gasteiger charge is 2.20. The fourth-order valence-corrected chi connectivity index (χ4v) is 2.63. The number of benzene rings is 1. The van der Waals surface area contributed by atoms with Crippen LogP contribution < -0.4 is 20.1 Å². The number of carbonyl (C=O) groups excluding carboxylic acids is 1. The van der Waals surface area contributed by atoms with Crippen LogP contribution in [0, 0.1) is 0 Å². The number of nitrogens with zero attached hydrogens (tertiary/aromatic N) is 1. The highest BCUT2D eigenvalue weighted by atomic mass is 16.5. The summed E-state index contributed by atoms with van der Waals surface area (Å²) >= 11 is 0. The normalized spacial score (nSPS) is 18.5. The fraction of sp³-hybridized carbons (Fsp3) is 0.588. The van der Waals surface area contributed by atoms with E-state index in [9.17, 15) is 4.79 Å². The molecule has 0 saturated carbocycles. The predicted octanol–water partition coefficient (Wildman–Crippen LogP) is 1.72. The van der Waals surface area contributed by atoms with Crippen molar-refractivity contribution >= 4 is 11.6 Å². The van der Waals surface area contributed by atoms with Gasteiger partial charge in [-0.3, -0.25) is 9.69 Å². The van der Waals surface area contributed by atoms with Gasteiger partial charge in [-0.25, -0.2) is 0 Å². The van der Waals surface area contributed by atoms with Crippen LogP contribution in [-0.2, 0) is 4.79 Å². The van der Waals surface area contributed by atoms with E-state index < -0.39 is 0 Å². The fourth-order valence-electron chi connectivity index (χ4n) is 2.63. The van der Waals surface area contributed by atoms with Crippen LogP contribution in [0.4, 0.5) is 5.69 Å². The molecule has 0 aliphatic carbocycles. The van der Waals surface area contributed by atoms with E-state index in [1.807, 2.05) is 32.0 Å². The molecule has 1 fully saturated rings. The molecular formula is C17H27N3O3. The van der Waals surface area contributed by atoms with Gasteiger partial charge in [0.25, 0.3) is 0 Å². The summed E-state index contributed by atoms with van der Waals surface area (Å²) in [5.74, 6) is 1.34. The van der Waals surface area contributed by atoms with E-state index in [4.69, 9.17) is 9.47 Å². The number of hydrogen-bond acceptors (Lipinski definition) is 5. The Morgan fingerprint density at radius 2 is 2.04 bits per heavy atom. The second kappa shape index (κ2) is 8.74. The maximum absolute atomic E-state index is 12.3. The quantitative estimate of drug-likeness (QED) is 0.800. The van der Waals surface area contributed by atoms with Crippen molar-refractivity contribution in [1.82, 2.24) is 10.2 Å². The predicted molar refractivity (Wildman–Crippen MR) is 91.3 cm³/mol. The van der Waals surface area contributed by atoms with Crippen molar-refractivity contribution in [3.8, 4) is 11.5 Å². The van der Waals surface area contributed by atoms with Crippen LogP contribution in [0.15, 0.2) is 18.2 Å². The SMILES string of the molecule is CCOc1ccc(NC(=O)CN2CCNC[C@H]2C)cc1OCC. The molecule has 2 rings (SSSR count). The third kappa shape index (κ3) is 5.11. The maximum atomic E-state index is 12.3. The average molecular weight is 321 g/mol. The topological polar surface area (TPSA) is 62.8 Å². The van der Waals surface area contributed by atoms with Crippen LogP contribution in [0.3, 0.4) is 0 Å². The van der Waals surface area contributed by atoms with Crippen molar-refractivity contribution in [2.45, 2.75) is 26.8 Å². The van der Waals surface area contributed by atoms with Crippen molar-refractivity contribution < 1.29 is 14.3 Å². The molecule has 0 unspecified atom stereocenters. The van der Waals surface area contributed by atoms with Gasteiger partial charge in [-0.15, -0.1) is 0 Å². The van der Waals surface area contributed by atoms with Gasteiger partial charge in [0.15, 0.2) is 11.5 Å². The Labute approximate surface area is 138 Å². The molecule has 2 N–H and O–H groups in total. The lowest BCUT2D eigenvalue weighted by Crippen LogP contribution is -2.51. The number of piperazine rings is 1. The number of nitrogens with one attached hydrogen (secondary N) is 2. The molecule has 1 aliphatic heterocycles. The van der Waals surface area contributed by atoms with E-state index in [0.29, 0.717) is 37.3 Å². The molecular weight excluding hydrogens is 294 g/mol. The molecule has 0 aromatic heterocycles. The monoisotopic (exact) mass is 321 g/mol. The number of ether oxygens (including phenoxy) is 2. The minimum atomic E-state index is -0.00893. The number of amides is 1. The third-order valence-corrected chi connectivity index (χ3v) is 3.81. The third-order valence-electron chi connectivity index (χ3n) is 3.81. The lowest BCUT2D eigenvalue weighted by molar-refractivity contribution is -0.118. The molecule has 1 saturated heterocycles. The van der Waals surface area contributed by atoms with Crippen LogP contribution in [0.2, 0.25) is 0 Å². The van der Waals surface area contributed by atoms with E-state index in [2.05, 4.69) is 22.5 Å². The average Bonchev–Trinajstić information content (AvgIpc) is 2.52. The Hall–Kier alpha value is -1.79. The van der Waals surface area contributed by atoms with Crippen LogP contribution in [0.25, 0.3) is 0 Å². The smallest absolute Gasteiger partial charge is 0.238 e. The number of anilines is 1. The van der Waals surface area contributed by atoms with Crippen molar-refractivity contribution in [3.05, 3.63) is 18.2 Å². The van der Waals surface area contributed by atoms with Crippen molar-refractivity contribution in [1.29, 1.82) is 0 Å². The van der Waals surface area contributed by atoms with Crippen LogP contribution in [0.1, 0.15) is 20.8 Å². The lowest BCUT2D eigenvalue weighted by Gasteiger charge is -2.33. The van der Waals surface area contributed by atoms with Gasteiger partial charge in [0, 0.05) is 37.4 Å². The van der Waals surface area contributed by atoms with Gasteiger partial charge in [0.1, 0.15) is 0 Å². The number of hydrogen-bond donors (Lipinski definition) is 2. The van der Waals surface area contributed by atoms with E-state index in [-0.39, 0.29) is 5.91 Å². The summed E-state index contributed by atoms with van der Waals surface area (Å²) < 4.78 is 11.1. The molecule has 1 aromatic rings. The van der Waals surface area contributed by atoms with Gasteiger partial charge in [-0.2, -0.15) is 0 Å². The Kier molecular flexibility index (Phi) is 6.67. The molecule has 1 atom stereocenters. The van der Waals surface area contributed by atoms with Gasteiger partial charge in [-0.1, -0.05) is 0 Å². The Balaban J connectivity index is 1.98. The summed E-state index contributed by atoms with van der Waals surface area (Å²) in [6.07, 6.45) is 0. The molecule has 0 radical (unpaired) electrons. The van der Waals surface area contributed by atoms with E-state index in [1.165, 1.54) is 0 Å². The molecule has 6 nitrogen and oxygen atoms in total. The lowest BCUT2D eigenvalue weighted by atomic mass is 10.2. The Bertz CT molecular complexity index is 522. The van der Waals surface area contributed by atoms with Gasteiger partial charge >= 0.3 is 0 Å². The standard InChI is InChI=1S/C17H27N3O3/c1-4-22-15-7-6-14(10-16(15)23-5-2)19-17(21)12-20-9-8-18-11-13(20)3/h6-7,10,13,18H,4-5,8-9,11-12H2,1-3H3,(H,19,21)/t13-/m1/s1. The molecule has 23 heavy (non-hydrogen) atoms. The maximum Gasteiger partial charge on any atom is 0.238 e. The first-order valence-corrected chi connectivity index (χ1v) is 8.28. The van der Waals surface area contributed by atoms with Crippen LogP contribution in [-0.4, -0.2) is 56.2 Å². The summed E-state index contributed by atoms with van der Waals surface area (Å²) in [7, 11) is 0. The molecule has 1 aliphatic rings. The molecule has 1 aromatic carbocycles. The number of carbonyl (C=O) groups is 1. The summed E-state index contributed by atoms with van der Waals surface area (Å²) in [6, 6.07) is 5.85. The van der Waals surface area contributed by atoms with Gasteiger partial charge in [0.05, 0.1) is 19.8 Å². The zero-order valence-corrected chi connectivity index (χ0v) is 14.2. The molecule has 1 heterocycles. The minimum Gasteiger partial charge on any atom is -0.490 e. The largest absolute Gasteiger partial charge is 0.490 e. The first kappa shape index (κ1) is 17.6. The van der Waals surface area contributed by atoms with Crippen molar-refractivity contribution in [3.63, 3.8) is 0 Å². The zero-order chi connectivity index (χ0) is 16.7. The highest BCUT2D eigenvalue weighted by Crippen LogP contribution is 2.30. The Morgan fingerprint density at radius 1 is 1.30 bits per heavy atom. The second-order valence-corrected chi connectivity index (χ2v) is 5.60. The summed E-state index contributed by atoms with van der Waals surface area (Å²) in [5, 5.41) is 6.26. The zero-order valence-electron chi connectivity index (χ0n) is 14.2. The van der Waals surface area contributed by atoms with E-state index in [0.717, 1.165) is 25.3 Å². The summed E-state index contributed by atoms with van der Waals surface area (Å²) in [6.45, 7) is 10.3. The molecule has 6 heteroatoms. The Morgan fingerprint density at radius 3 is 2.74 bits per heavy atom. The molecule has 128 valence electrons. The second-order valence-electron chi connectivity index (χ2n) is 5.60. The highest BCUT2D eigenvalue weighted by molar-refractivity contribution is 5.92. The van der Waals surface area contributed by atoms with Crippen LogP contribution >= 0.6 is 0 Å². The number of rotatable bonds is 7. The molecule has 0 spiro atoms. The van der Waals surface area contributed by atoms with E-state index in [1.54, 1.807) is 0 Å². The van der Waals surface area contributed by atoms with Crippen LogP contribution in [0.5, 0.6) is 11.5 Å². The first-order chi connectivity index (χ1) is 11.1. The van der Waals surface area contributed by atoms with Gasteiger partial charge in [-0.05, 0) is 32.9 Å². The van der Waals surface area contributed by atoms with Gasteiger partial charge in [0.2, 0.25) is 5.91 Å². The molecule has 0 bridgehead atoms. The first-order valence-electron chi connectivity index (χ1n) is 8.28. The van der Waals surface area contributed by atoms with Gasteiger partial charge < -0.3 is 20.1 Å².